The van der Waals surface area contributed by atoms with Gasteiger partial charge >= 0.3 is 11.9 Å². The van der Waals surface area contributed by atoms with Crippen molar-refractivity contribution in [3.05, 3.63) is 23.6 Å². The third-order valence-electron chi connectivity index (χ3n) is 6.07. The standard InChI is InChI=1S/C25H40O6S2/c26-24-20-22(12-14-30-24)10-6-4-2-1-3-5-7-16-32(28)18-9-19-33(29)17-8-11-23-13-15-31-25(27)21-23/h4,6-7,16,22-23H,1-3,5,8-15,17-21H2. The number of carbonyl (C=O) groups excluding carboxylic acids is 2. The van der Waals surface area contributed by atoms with Gasteiger partial charge in [-0.05, 0) is 81.5 Å². The Morgan fingerprint density at radius 1 is 0.758 bits per heavy atom. The molecule has 0 bridgehead atoms. The molecule has 2 heterocycles. The Balaban J connectivity index is 1.40. The van der Waals surface area contributed by atoms with E-state index in [-0.39, 0.29) is 11.9 Å². The first-order valence-corrected chi connectivity index (χ1v) is 15.2. The van der Waals surface area contributed by atoms with Crippen LogP contribution >= 0.6 is 0 Å². The van der Waals surface area contributed by atoms with E-state index in [0.717, 1.165) is 57.8 Å². The van der Waals surface area contributed by atoms with Crippen LogP contribution in [0.2, 0.25) is 0 Å². The van der Waals surface area contributed by atoms with Crippen molar-refractivity contribution in [3.63, 3.8) is 0 Å². The zero-order valence-electron chi connectivity index (χ0n) is 19.8. The second-order valence-corrected chi connectivity index (χ2v) is 12.1. The van der Waals surface area contributed by atoms with Crippen LogP contribution in [-0.2, 0) is 40.7 Å². The molecule has 6 nitrogen and oxygen atoms in total. The van der Waals surface area contributed by atoms with E-state index in [1.165, 1.54) is 0 Å². The Hall–Kier alpha value is -1.28. The molecule has 2 fully saturated rings. The lowest BCUT2D eigenvalue weighted by Gasteiger charge is -2.20. The number of carbonyl (C=O) groups is 2. The Labute approximate surface area is 203 Å². The summed E-state index contributed by atoms with van der Waals surface area (Å²) >= 11 is 0. The van der Waals surface area contributed by atoms with Gasteiger partial charge in [-0.1, -0.05) is 18.2 Å². The number of hydrogen-bond acceptors (Lipinski definition) is 6. The second kappa shape index (κ2) is 17.2. The van der Waals surface area contributed by atoms with Gasteiger partial charge in [-0.3, -0.25) is 18.0 Å². The number of ether oxygens (including phenoxy) is 2. The van der Waals surface area contributed by atoms with Gasteiger partial charge in [0.2, 0.25) is 0 Å². The summed E-state index contributed by atoms with van der Waals surface area (Å²) in [6, 6.07) is 0. The smallest absolute Gasteiger partial charge is 0.306 e. The molecular formula is C25H40O6S2. The van der Waals surface area contributed by atoms with Crippen LogP contribution in [-0.4, -0.2) is 50.8 Å². The van der Waals surface area contributed by atoms with Gasteiger partial charge in [0.15, 0.2) is 0 Å². The van der Waals surface area contributed by atoms with Crippen molar-refractivity contribution < 1.29 is 27.5 Å². The first kappa shape index (κ1) is 28.0. The third kappa shape index (κ3) is 13.9. The van der Waals surface area contributed by atoms with Crippen molar-refractivity contribution in [2.45, 2.75) is 77.0 Å². The van der Waals surface area contributed by atoms with Gasteiger partial charge in [-0.25, -0.2) is 0 Å². The van der Waals surface area contributed by atoms with Crippen LogP contribution in [0.3, 0.4) is 0 Å². The first-order chi connectivity index (χ1) is 16.0. The van der Waals surface area contributed by atoms with Crippen molar-refractivity contribution in [1.29, 1.82) is 0 Å². The molecule has 0 saturated carbocycles. The van der Waals surface area contributed by atoms with Crippen LogP contribution in [0.5, 0.6) is 0 Å². The fourth-order valence-electron chi connectivity index (χ4n) is 4.09. The van der Waals surface area contributed by atoms with Gasteiger partial charge in [0.1, 0.15) is 0 Å². The van der Waals surface area contributed by atoms with Crippen LogP contribution in [0, 0.1) is 11.8 Å². The molecule has 4 unspecified atom stereocenters. The summed E-state index contributed by atoms with van der Waals surface area (Å²) in [6.07, 6.45) is 16.9. The van der Waals surface area contributed by atoms with Gasteiger partial charge in [-0.2, -0.15) is 0 Å². The fraction of sp³-hybridized carbons (Fsp3) is 0.760. The lowest BCUT2D eigenvalue weighted by atomic mass is 9.95. The molecule has 0 spiro atoms. The summed E-state index contributed by atoms with van der Waals surface area (Å²) in [7, 11) is -1.85. The Bertz CT molecular complexity index is 703. The van der Waals surface area contributed by atoms with Gasteiger partial charge in [0, 0.05) is 51.7 Å². The predicted molar refractivity (Wildman–Crippen MR) is 133 cm³/mol. The summed E-state index contributed by atoms with van der Waals surface area (Å²) in [5.74, 6) is 2.45. The third-order valence-corrected chi connectivity index (χ3v) is 8.74. The Kier molecular flexibility index (Phi) is 14.6. The van der Waals surface area contributed by atoms with E-state index in [1.807, 2.05) is 6.08 Å². The quantitative estimate of drug-likeness (QED) is 0.175. The first-order valence-electron chi connectivity index (χ1n) is 12.4. The highest BCUT2D eigenvalue weighted by molar-refractivity contribution is 7.88. The molecular weight excluding hydrogens is 460 g/mol. The Morgan fingerprint density at radius 3 is 2.12 bits per heavy atom. The minimum Gasteiger partial charge on any atom is -0.466 e. The van der Waals surface area contributed by atoms with Gasteiger partial charge < -0.3 is 9.47 Å². The van der Waals surface area contributed by atoms with Crippen LogP contribution in [0.15, 0.2) is 23.6 Å². The monoisotopic (exact) mass is 500 g/mol. The summed E-state index contributed by atoms with van der Waals surface area (Å²) in [5, 5.41) is 1.78. The zero-order chi connectivity index (χ0) is 23.7. The molecule has 2 saturated heterocycles. The average Bonchev–Trinajstić information content (AvgIpc) is 2.78. The van der Waals surface area contributed by atoms with Gasteiger partial charge in [-0.15, -0.1) is 0 Å². The molecule has 8 heteroatoms. The largest absolute Gasteiger partial charge is 0.466 e. The Morgan fingerprint density at radius 2 is 1.39 bits per heavy atom. The summed E-state index contributed by atoms with van der Waals surface area (Å²) in [4.78, 5) is 22.5. The predicted octanol–water partition coefficient (Wildman–Crippen LogP) is 4.58. The highest BCUT2D eigenvalue weighted by Gasteiger charge is 2.20. The van der Waals surface area contributed by atoms with Crippen molar-refractivity contribution in [2.24, 2.45) is 11.8 Å². The SMILES string of the molecule is O=C1CC(CC=CCCCCC=CS(=O)CCCS(=O)CCCC2CCOC(=O)C2)CCO1. The van der Waals surface area contributed by atoms with Crippen LogP contribution < -0.4 is 0 Å². The lowest BCUT2D eigenvalue weighted by molar-refractivity contribution is -0.150. The molecule has 0 aromatic rings. The van der Waals surface area contributed by atoms with Crippen LogP contribution in [0.4, 0.5) is 0 Å². The second-order valence-electron chi connectivity index (χ2n) is 8.95. The molecule has 0 aliphatic carbocycles. The van der Waals surface area contributed by atoms with Crippen molar-refractivity contribution in [2.75, 3.05) is 30.5 Å². The average molecular weight is 501 g/mol. The number of cyclic esters (lactones) is 2. The van der Waals surface area contributed by atoms with E-state index < -0.39 is 21.6 Å². The van der Waals surface area contributed by atoms with Gasteiger partial charge in [0.05, 0.1) is 13.2 Å². The minimum atomic E-state index is -0.984. The van der Waals surface area contributed by atoms with E-state index in [9.17, 15) is 18.0 Å². The van der Waals surface area contributed by atoms with E-state index in [1.54, 1.807) is 5.41 Å². The molecule has 0 amide bonds. The number of hydrogen-bond donors (Lipinski definition) is 0. The van der Waals surface area contributed by atoms with Crippen molar-refractivity contribution >= 4 is 33.5 Å². The van der Waals surface area contributed by atoms with Crippen molar-refractivity contribution in [3.8, 4) is 0 Å². The summed E-state index contributed by atoms with van der Waals surface area (Å²) in [6.45, 7) is 1.08. The van der Waals surface area contributed by atoms with Gasteiger partial charge in [0.25, 0.3) is 0 Å². The van der Waals surface area contributed by atoms with E-state index in [0.29, 0.717) is 61.6 Å². The number of esters is 2. The van der Waals surface area contributed by atoms with Crippen LogP contribution in [0.25, 0.3) is 0 Å². The molecule has 33 heavy (non-hydrogen) atoms. The molecule has 2 rings (SSSR count). The maximum absolute atomic E-state index is 12.1. The maximum atomic E-state index is 12.1. The van der Waals surface area contributed by atoms with Crippen molar-refractivity contribution in [1.82, 2.24) is 0 Å². The fourth-order valence-corrected chi connectivity index (χ4v) is 6.35. The maximum Gasteiger partial charge on any atom is 0.306 e. The molecule has 0 aromatic carbocycles. The highest BCUT2D eigenvalue weighted by Crippen LogP contribution is 2.21. The molecule has 188 valence electrons. The van der Waals surface area contributed by atoms with E-state index in [4.69, 9.17) is 9.47 Å². The number of rotatable bonds is 16. The molecule has 0 radical (unpaired) electrons. The molecule has 2 aliphatic rings. The molecule has 0 aromatic heterocycles. The molecule has 4 atom stereocenters. The van der Waals surface area contributed by atoms with Crippen LogP contribution in [0.1, 0.15) is 77.0 Å². The zero-order valence-corrected chi connectivity index (χ0v) is 21.4. The highest BCUT2D eigenvalue weighted by atomic mass is 32.2. The number of allylic oxidation sites excluding steroid dienone is 3. The lowest BCUT2D eigenvalue weighted by Crippen LogP contribution is -2.21. The minimum absolute atomic E-state index is 0.0714. The molecule has 2 aliphatic heterocycles. The summed E-state index contributed by atoms with van der Waals surface area (Å²) < 4.78 is 34.1. The summed E-state index contributed by atoms with van der Waals surface area (Å²) in [5.41, 5.74) is 0. The van der Waals surface area contributed by atoms with E-state index >= 15 is 0 Å². The topological polar surface area (TPSA) is 86.7 Å². The number of unbranched alkanes of at least 4 members (excludes halogenated alkanes) is 3. The van der Waals surface area contributed by atoms with E-state index in [2.05, 4.69) is 12.2 Å². The molecule has 0 N–H and O–H groups in total. The normalized spacial score (nSPS) is 23.5.